The molecule has 92 valence electrons. The van der Waals surface area contributed by atoms with Crippen molar-refractivity contribution in [3.05, 3.63) is 29.6 Å². The smallest absolute Gasteiger partial charge is 0.273 e. The second-order valence-electron chi connectivity index (χ2n) is 4.74. The summed E-state index contributed by atoms with van der Waals surface area (Å²) in [5, 5.41) is 3.32. The molecule has 1 aliphatic heterocycles. The van der Waals surface area contributed by atoms with Crippen LogP contribution in [0.3, 0.4) is 0 Å². The van der Waals surface area contributed by atoms with Crippen LogP contribution in [0.1, 0.15) is 29.9 Å². The van der Waals surface area contributed by atoms with E-state index in [-0.39, 0.29) is 18.0 Å². The Morgan fingerprint density at radius 2 is 2.06 bits per heavy atom. The molecule has 2 atom stereocenters. The summed E-state index contributed by atoms with van der Waals surface area (Å²) in [5.41, 5.74) is 1.52. The van der Waals surface area contributed by atoms with Gasteiger partial charge in [-0.1, -0.05) is 6.07 Å². The Morgan fingerprint density at radius 3 is 2.65 bits per heavy atom. The Labute approximate surface area is 102 Å². The van der Waals surface area contributed by atoms with Crippen LogP contribution in [-0.4, -0.2) is 41.0 Å². The number of carbonyl (C=O) groups excluding carboxylic acids is 1. The molecule has 17 heavy (non-hydrogen) atoms. The van der Waals surface area contributed by atoms with Crippen molar-refractivity contribution in [2.75, 3.05) is 13.1 Å². The molecule has 2 heterocycles. The van der Waals surface area contributed by atoms with Crippen LogP contribution in [0.2, 0.25) is 0 Å². The molecule has 0 aliphatic carbocycles. The first-order valence-corrected chi connectivity index (χ1v) is 6.06. The van der Waals surface area contributed by atoms with Crippen LogP contribution in [-0.2, 0) is 0 Å². The van der Waals surface area contributed by atoms with E-state index >= 15 is 0 Å². The molecular formula is C13H19N3O. The van der Waals surface area contributed by atoms with Crippen molar-refractivity contribution in [2.45, 2.75) is 32.9 Å². The number of hydrogen-bond donors (Lipinski definition) is 1. The molecule has 1 aromatic heterocycles. The highest BCUT2D eigenvalue weighted by atomic mass is 16.2. The van der Waals surface area contributed by atoms with Gasteiger partial charge in [-0.2, -0.15) is 0 Å². The van der Waals surface area contributed by atoms with E-state index in [4.69, 9.17) is 0 Å². The molecule has 1 saturated heterocycles. The topological polar surface area (TPSA) is 45.2 Å². The number of carbonyl (C=O) groups is 1. The first kappa shape index (κ1) is 12.0. The summed E-state index contributed by atoms with van der Waals surface area (Å²) in [4.78, 5) is 18.6. The monoisotopic (exact) mass is 233 g/mol. The zero-order chi connectivity index (χ0) is 12.4. The van der Waals surface area contributed by atoms with Crippen LogP contribution in [0.25, 0.3) is 0 Å². The largest absolute Gasteiger partial charge is 0.329 e. The number of aromatic nitrogens is 1. The van der Waals surface area contributed by atoms with Gasteiger partial charge in [-0.3, -0.25) is 9.78 Å². The van der Waals surface area contributed by atoms with Gasteiger partial charge in [0.1, 0.15) is 5.69 Å². The number of nitrogens with one attached hydrogen (secondary N) is 1. The Hall–Kier alpha value is -1.42. The molecule has 1 fully saturated rings. The van der Waals surface area contributed by atoms with Gasteiger partial charge in [0.25, 0.3) is 5.91 Å². The molecule has 1 amide bonds. The van der Waals surface area contributed by atoms with Crippen LogP contribution in [0.5, 0.6) is 0 Å². The first-order chi connectivity index (χ1) is 8.11. The SMILES string of the molecule is Cc1cccnc1C(=O)N1C(C)CNCC1C. The Morgan fingerprint density at radius 1 is 1.41 bits per heavy atom. The van der Waals surface area contributed by atoms with Crippen LogP contribution in [0.4, 0.5) is 0 Å². The summed E-state index contributed by atoms with van der Waals surface area (Å²) in [6, 6.07) is 4.22. The van der Waals surface area contributed by atoms with E-state index < -0.39 is 0 Å². The summed E-state index contributed by atoms with van der Waals surface area (Å²) >= 11 is 0. The van der Waals surface area contributed by atoms with Gasteiger partial charge in [-0.15, -0.1) is 0 Å². The first-order valence-electron chi connectivity index (χ1n) is 6.06. The summed E-state index contributed by atoms with van der Waals surface area (Å²) in [7, 11) is 0. The quantitative estimate of drug-likeness (QED) is 0.793. The minimum atomic E-state index is 0.0459. The van der Waals surface area contributed by atoms with E-state index in [1.165, 1.54) is 0 Å². The zero-order valence-electron chi connectivity index (χ0n) is 10.6. The molecule has 1 aromatic rings. The number of piperazine rings is 1. The van der Waals surface area contributed by atoms with Gasteiger partial charge in [-0.05, 0) is 32.4 Å². The Balaban J connectivity index is 2.27. The van der Waals surface area contributed by atoms with Crippen molar-refractivity contribution in [1.29, 1.82) is 0 Å². The molecule has 0 saturated carbocycles. The third-order valence-electron chi connectivity index (χ3n) is 3.28. The van der Waals surface area contributed by atoms with E-state index in [0.29, 0.717) is 5.69 Å². The van der Waals surface area contributed by atoms with Crippen molar-refractivity contribution >= 4 is 5.91 Å². The van der Waals surface area contributed by atoms with E-state index in [9.17, 15) is 4.79 Å². The Bertz CT molecular complexity index is 409. The number of hydrogen-bond acceptors (Lipinski definition) is 3. The van der Waals surface area contributed by atoms with Crippen molar-refractivity contribution < 1.29 is 4.79 Å². The summed E-state index contributed by atoms with van der Waals surface area (Å²) < 4.78 is 0. The van der Waals surface area contributed by atoms with Gasteiger partial charge in [0.2, 0.25) is 0 Å². The zero-order valence-corrected chi connectivity index (χ0v) is 10.6. The number of amides is 1. The lowest BCUT2D eigenvalue weighted by Crippen LogP contribution is -2.57. The molecule has 2 rings (SSSR count). The van der Waals surface area contributed by atoms with Crippen molar-refractivity contribution in [1.82, 2.24) is 15.2 Å². The molecule has 4 nitrogen and oxygen atoms in total. The van der Waals surface area contributed by atoms with Gasteiger partial charge in [0, 0.05) is 31.4 Å². The second-order valence-corrected chi connectivity index (χ2v) is 4.74. The van der Waals surface area contributed by atoms with E-state index in [1.54, 1.807) is 6.20 Å². The fourth-order valence-electron chi connectivity index (χ4n) is 2.36. The number of pyridine rings is 1. The normalized spacial score (nSPS) is 24.8. The highest BCUT2D eigenvalue weighted by Gasteiger charge is 2.30. The van der Waals surface area contributed by atoms with E-state index in [1.807, 2.05) is 24.0 Å². The molecule has 0 aromatic carbocycles. The van der Waals surface area contributed by atoms with Crippen LogP contribution in [0.15, 0.2) is 18.3 Å². The van der Waals surface area contributed by atoms with Crippen molar-refractivity contribution in [3.8, 4) is 0 Å². The summed E-state index contributed by atoms with van der Waals surface area (Å²) in [6.45, 7) is 7.76. The van der Waals surface area contributed by atoms with Gasteiger partial charge < -0.3 is 10.2 Å². The number of nitrogens with zero attached hydrogens (tertiary/aromatic N) is 2. The summed E-state index contributed by atoms with van der Waals surface area (Å²) in [5.74, 6) is 0.0459. The molecule has 1 aliphatic rings. The van der Waals surface area contributed by atoms with Crippen molar-refractivity contribution in [3.63, 3.8) is 0 Å². The number of aryl methyl sites for hydroxylation is 1. The lowest BCUT2D eigenvalue weighted by molar-refractivity contribution is 0.0537. The molecule has 0 spiro atoms. The molecular weight excluding hydrogens is 214 g/mol. The maximum atomic E-state index is 12.5. The fourth-order valence-corrected chi connectivity index (χ4v) is 2.36. The lowest BCUT2D eigenvalue weighted by Gasteiger charge is -2.39. The van der Waals surface area contributed by atoms with Gasteiger partial charge >= 0.3 is 0 Å². The van der Waals surface area contributed by atoms with Crippen LogP contribution < -0.4 is 5.32 Å². The lowest BCUT2D eigenvalue weighted by atomic mass is 10.1. The minimum absolute atomic E-state index is 0.0459. The number of rotatable bonds is 1. The highest BCUT2D eigenvalue weighted by Crippen LogP contribution is 2.15. The van der Waals surface area contributed by atoms with E-state index in [0.717, 1.165) is 18.7 Å². The summed E-state index contributed by atoms with van der Waals surface area (Å²) in [6.07, 6.45) is 1.68. The molecule has 1 N–H and O–H groups in total. The minimum Gasteiger partial charge on any atom is -0.329 e. The molecule has 4 heteroatoms. The third kappa shape index (κ3) is 2.31. The molecule has 0 bridgehead atoms. The maximum Gasteiger partial charge on any atom is 0.273 e. The highest BCUT2D eigenvalue weighted by molar-refractivity contribution is 5.94. The molecule has 0 radical (unpaired) electrons. The fraction of sp³-hybridized carbons (Fsp3) is 0.538. The molecule has 2 unspecified atom stereocenters. The van der Waals surface area contributed by atoms with Gasteiger partial charge in [0.05, 0.1) is 0 Å². The third-order valence-corrected chi connectivity index (χ3v) is 3.28. The second kappa shape index (κ2) is 4.84. The maximum absolute atomic E-state index is 12.5. The predicted molar refractivity (Wildman–Crippen MR) is 66.9 cm³/mol. The van der Waals surface area contributed by atoms with Gasteiger partial charge in [0.15, 0.2) is 0 Å². The van der Waals surface area contributed by atoms with Crippen LogP contribution >= 0.6 is 0 Å². The van der Waals surface area contributed by atoms with Crippen molar-refractivity contribution in [2.24, 2.45) is 0 Å². The van der Waals surface area contributed by atoms with Gasteiger partial charge in [-0.25, -0.2) is 0 Å². The predicted octanol–water partition coefficient (Wildman–Crippen LogP) is 1.21. The Kier molecular flexibility index (Phi) is 3.43. The van der Waals surface area contributed by atoms with E-state index in [2.05, 4.69) is 24.1 Å². The van der Waals surface area contributed by atoms with Crippen LogP contribution in [0, 0.1) is 6.92 Å². The average Bonchev–Trinajstić information content (AvgIpc) is 2.29. The standard InChI is InChI=1S/C13H19N3O/c1-9-5-4-6-15-12(9)13(17)16-10(2)7-14-8-11(16)3/h4-6,10-11,14H,7-8H2,1-3H3. The average molecular weight is 233 g/mol.